The van der Waals surface area contributed by atoms with Gasteiger partial charge < -0.3 is 14.5 Å². The van der Waals surface area contributed by atoms with Crippen LogP contribution in [0.1, 0.15) is 20.0 Å². The van der Waals surface area contributed by atoms with Crippen LogP contribution in [0.3, 0.4) is 0 Å². The van der Waals surface area contributed by atoms with E-state index in [4.69, 9.17) is 4.74 Å². The molecule has 8 heteroatoms. The molecule has 136 valence electrons. The molecule has 0 radical (unpaired) electrons. The molecule has 0 saturated carbocycles. The number of benzene rings is 1. The van der Waals surface area contributed by atoms with Crippen LogP contribution in [0.5, 0.6) is 0 Å². The number of carbonyl (C=O) groups excluding carboxylic acids is 3. The number of thiophene rings is 1. The molecule has 1 aliphatic rings. The molecule has 0 unspecified atom stereocenters. The molecule has 2 amide bonds. The van der Waals surface area contributed by atoms with Gasteiger partial charge in [-0.3, -0.25) is 9.59 Å². The van der Waals surface area contributed by atoms with Crippen molar-refractivity contribution >= 4 is 29.1 Å². The summed E-state index contributed by atoms with van der Waals surface area (Å²) < 4.78 is 18.4. The van der Waals surface area contributed by atoms with Crippen molar-refractivity contribution in [1.29, 1.82) is 0 Å². The molecule has 1 aliphatic heterocycles. The smallest absolute Gasteiger partial charge is 0.341 e. The fourth-order valence-corrected chi connectivity index (χ4v) is 3.33. The number of halogens is 1. The van der Waals surface area contributed by atoms with Crippen molar-refractivity contribution in [2.24, 2.45) is 0 Å². The molecule has 3 rings (SSSR count). The zero-order valence-electron chi connectivity index (χ0n) is 13.9. The van der Waals surface area contributed by atoms with Gasteiger partial charge in [0.15, 0.2) is 6.61 Å². The normalized spacial score (nSPS) is 14.2. The van der Waals surface area contributed by atoms with Crippen LogP contribution >= 0.6 is 11.3 Å². The lowest BCUT2D eigenvalue weighted by molar-refractivity contribution is -0.136. The molecule has 2 heterocycles. The highest BCUT2D eigenvalue weighted by atomic mass is 32.1. The number of carbonyl (C=O) groups is 3. The van der Waals surface area contributed by atoms with Crippen molar-refractivity contribution < 1.29 is 23.5 Å². The van der Waals surface area contributed by atoms with Gasteiger partial charge in [0.2, 0.25) is 0 Å². The van der Waals surface area contributed by atoms with Gasteiger partial charge >= 0.3 is 5.97 Å². The summed E-state index contributed by atoms with van der Waals surface area (Å²) in [6.07, 6.45) is 0. The largest absolute Gasteiger partial charge is 0.452 e. The Balaban J connectivity index is 1.47. The van der Waals surface area contributed by atoms with Crippen LogP contribution in [-0.4, -0.2) is 60.4 Å². The van der Waals surface area contributed by atoms with E-state index in [0.717, 1.165) is 6.07 Å². The fraction of sp³-hybridized carbons (Fsp3) is 0.278. The van der Waals surface area contributed by atoms with Gasteiger partial charge in [0.25, 0.3) is 11.8 Å². The lowest BCUT2D eigenvalue weighted by atomic mass is 10.2. The van der Waals surface area contributed by atoms with E-state index in [1.54, 1.807) is 11.0 Å². The number of amides is 2. The lowest BCUT2D eigenvalue weighted by Gasteiger charge is -2.34. The Morgan fingerprint density at radius 1 is 1.00 bits per heavy atom. The first-order valence-corrected chi connectivity index (χ1v) is 8.96. The highest BCUT2D eigenvalue weighted by molar-refractivity contribution is 7.12. The SMILES string of the molecule is O=C(OCC(=O)N1CCN(C(=O)c2cccs2)CC1)c1ccccc1F. The minimum absolute atomic E-state index is 0.0434. The molecule has 6 nitrogen and oxygen atoms in total. The summed E-state index contributed by atoms with van der Waals surface area (Å²) in [4.78, 5) is 40.2. The highest BCUT2D eigenvalue weighted by Gasteiger charge is 2.26. The molecule has 0 aliphatic carbocycles. The molecule has 1 fully saturated rings. The van der Waals surface area contributed by atoms with Gasteiger partial charge in [-0.1, -0.05) is 18.2 Å². The molecule has 26 heavy (non-hydrogen) atoms. The first kappa shape index (κ1) is 18.1. The van der Waals surface area contributed by atoms with E-state index in [9.17, 15) is 18.8 Å². The Labute approximate surface area is 153 Å². The quantitative estimate of drug-likeness (QED) is 0.766. The van der Waals surface area contributed by atoms with Crippen LogP contribution in [0.15, 0.2) is 41.8 Å². The number of hydrogen-bond donors (Lipinski definition) is 0. The van der Waals surface area contributed by atoms with Crippen LogP contribution < -0.4 is 0 Å². The Kier molecular flexibility index (Phi) is 5.62. The van der Waals surface area contributed by atoms with Crippen LogP contribution in [0.4, 0.5) is 4.39 Å². The Hall–Kier alpha value is -2.74. The third-order valence-electron chi connectivity index (χ3n) is 4.07. The molecule has 1 saturated heterocycles. The van der Waals surface area contributed by atoms with Crippen LogP contribution in [0.25, 0.3) is 0 Å². The van der Waals surface area contributed by atoms with Crippen LogP contribution in [0.2, 0.25) is 0 Å². The first-order valence-electron chi connectivity index (χ1n) is 8.08. The van der Waals surface area contributed by atoms with E-state index in [1.165, 1.54) is 34.4 Å². The van der Waals surface area contributed by atoms with Crippen LogP contribution in [-0.2, 0) is 9.53 Å². The molecule has 0 N–H and O–H groups in total. The summed E-state index contributed by atoms with van der Waals surface area (Å²) >= 11 is 1.38. The van der Waals surface area contributed by atoms with Crippen molar-refractivity contribution in [2.75, 3.05) is 32.8 Å². The van der Waals surface area contributed by atoms with Gasteiger partial charge in [-0.2, -0.15) is 0 Å². The average molecular weight is 376 g/mol. The van der Waals surface area contributed by atoms with Gasteiger partial charge in [0, 0.05) is 26.2 Å². The number of rotatable bonds is 4. The monoisotopic (exact) mass is 376 g/mol. The molecule has 0 atom stereocenters. The number of esters is 1. The zero-order valence-corrected chi connectivity index (χ0v) is 14.7. The molecule has 1 aromatic carbocycles. The van der Waals surface area contributed by atoms with Crippen LogP contribution in [0, 0.1) is 5.82 Å². The maximum absolute atomic E-state index is 13.5. The van der Waals surface area contributed by atoms with E-state index in [-0.39, 0.29) is 17.4 Å². The van der Waals surface area contributed by atoms with E-state index < -0.39 is 18.4 Å². The minimum atomic E-state index is -0.872. The molecular formula is C18H17FN2O4S. The minimum Gasteiger partial charge on any atom is -0.452 e. The van der Waals surface area contributed by atoms with Gasteiger partial charge in [-0.05, 0) is 23.6 Å². The van der Waals surface area contributed by atoms with E-state index in [1.807, 2.05) is 11.4 Å². The second kappa shape index (κ2) is 8.09. The maximum Gasteiger partial charge on any atom is 0.341 e. The van der Waals surface area contributed by atoms with E-state index >= 15 is 0 Å². The number of nitrogens with zero attached hydrogens (tertiary/aromatic N) is 2. The predicted octanol–water partition coefficient (Wildman–Crippen LogP) is 2.03. The lowest BCUT2D eigenvalue weighted by Crippen LogP contribution is -2.51. The summed E-state index contributed by atoms with van der Waals surface area (Å²) in [5.41, 5.74) is -0.202. The molecule has 0 spiro atoms. The van der Waals surface area contributed by atoms with Gasteiger partial charge in [0.1, 0.15) is 5.82 Å². The van der Waals surface area contributed by atoms with Gasteiger partial charge in [-0.15, -0.1) is 11.3 Å². The molecular weight excluding hydrogens is 359 g/mol. The third-order valence-corrected chi connectivity index (χ3v) is 4.93. The van der Waals surface area contributed by atoms with Gasteiger partial charge in [-0.25, -0.2) is 9.18 Å². The Morgan fingerprint density at radius 2 is 1.69 bits per heavy atom. The summed E-state index contributed by atoms with van der Waals surface area (Å²) in [6.45, 7) is 1.12. The standard InChI is InChI=1S/C18H17FN2O4S/c19-14-5-2-1-4-13(14)18(24)25-12-16(22)20-7-9-21(10-8-20)17(23)15-6-3-11-26-15/h1-6,11H,7-10,12H2. The van der Waals surface area contributed by atoms with Crippen molar-refractivity contribution in [3.8, 4) is 0 Å². The van der Waals surface area contributed by atoms with Crippen molar-refractivity contribution in [2.45, 2.75) is 0 Å². The summed E-state index contributed by atoms with van der Waals surface area (Å²) in [5, 5.41) is 1.84. The van der Waals surface area contributed by atoms with E-state index in [2.05, 4.69) is 0 Å². The number of ether oxygens (including phenoxy) is 1. The second-order valence-electron chi connectivity index (χ2n) is 5.71. The second-order valence-corrected chi connectivity index (χ2v) is 6.65. The zero-order chi connectivity index (χ0) is 18.5. The van der Waals surface area contributed by atoms with Crippen molar-refractivity contribution in [3.05, 3.63) is 58.0 Å². The summed E-state index contributed by atoms with van der Waals surface area (Å²) in [6, 6.07) is 9.03. The topological polar surface area (TPSA) is 66.9 Å². The number of piperazine rings is 1. The van der Waals surface area contributed by atoms with E-state index in [0.29, 0.717) is 31.1 Å². The predicted molar refractivity (Wildman–Crippen MR) is 93.5 cm³/mol. The Morgan fingerprint density at radius 3 is 2.35 bits per heavy atom. The molecule has 1 aromatic heterocycles. The van der Waals surface area contributed by atoms with Gasteiger partial charge in [0.05, 0.1) is 10.4 Å². The average Bonchev–Trinajstić information content (AvgIpc) is 3.20. The molecule has 0 bridgehead atoms. The van der Waals surface area contributed by atoms with Crippen molar-refractivity contribution in [1.82, 2.24) is 9.80 Å². The Bertz CT molecular complexity index is 801. The first-order chi connectivity index (χ1) is 12.6. The van der Waals surface area contributed by atoms with Crippen molar-refractivity contribution in [3.63, 3.8) is 0 Å². The maximum atomic E-state index is 13.5. The fourth-order valence-electron chi connectivity index (χ4n) is 2.64. The highest BCUT2D eigenvalue weighted by Crippen LogP contribution is 2.14. The summed E-state index contributed by atoms with van der Waals surface area (Å²) in [7, 11) is 0. The molecule has 2 aromatic rings. The number of hydrogen-bond acceptors (Lipinski definition) is 5. The third kappa shape index (κ3) is 4.08. The summed E-state index contributed by atoms with van der Waals surface area (Å²) in [5.74, 6) is -1.97.